The molecule has 118 valence electrons. The van der Waals surface area contributed by atoms with Gasteiger partial charge in [0, 0.05) is 6.54 Å². The van der Waals surface area contributed by atoms with E-state index in [2.05, 4.69) is 10.0 Å². The van der Waals surface area contributed by atoms with Crippen LogP contribution in [0, 0.1) is 5.82 Å². The minimum absolute atomic E-state index is 0.145. The van der Waals surface area contributed by atoms with Crippen molar-refractivity contribution in [3.63, 3.8) is 0 Å². The lowest BCUT2D eigenvalue weighted by Gasteiger charge is -2.10. The normalized spacial score (nSPS) is 11.2. The van der Waals surface area contributed by atoms with Crippen molar-refractivity contribution in [1.29, 1.82) is 0 Å². The number of nitrogens with two attached hydrogens (primary N) is 1. The maximum atomic E-state index is 13.6. The third-order valence-corrected chi connectivity index (χ3v) is 3.94. The molecule has 7 nitrogen and oxygen atoms in total. The molecular formula is C12H18FN3O4S. The number of methoxy groups -OCH3 is 1. The Morgan fingerprint density at radius 2 is 2.10 bits per heavy atom. The maximum Gasteiger partial charge on any atom is 0.241 e. The first-order chi connectivity index (χ1) is 9.81. The van der Waals surface area contributed by atoms with Crippen LogP contribution in [0.4, 0.5) is 10.1 Å². The molecular weight excluding hydrogens is 301 g/mol. The standard InChI is InChI=1S/C12H18FN3O4S/c1-3-4-15-11(17)7-16-21(18,19)8-5-9(13)12(20-2)10(14)6-8/h5-6,16H,3-4,7,14H2,1-2H3,(H,15,17). The van der Waals surface area contributed by atoms with E-state index in [1.54, 1.807) is 0 Å². The Labute approximate surface area is 122 Å². The minimum atomic E-state index is -4.04. The minimum Gasteiger partial charge on any atom is -0.492 e. The van der Waals surface area contributed by atoms with E-state index < -0.39 is 28.3 Å². The Kier molecular flexibility index (Phi) is 5.91. The summed E-state index contributed by atoms with van der Waals surface area (Å²) in [6.45, 7) is 1.88. The van der Waals surface area contributed by atoms with Crippen LogP contribution in [0.25, 0.3) is 0 Å². The maximum absolute atomic E-state index is 13.6. The Morgan fingerprint density at radius 3 is 2.62 bits per heavy atom. The van der Waals surface area contributed by atoms with Crippen LogP contribution in [0.15, 0.2) is 17.0 Å². The summed E-state index contributed by atoms with van der Waals surface area (Å²) in [6.07, 6.45) is 0.735. The number of sulfonamides is 1. The van der Waals surface area contributed by atoms with Crippen molar-refractivity contribution in [3.8, 4) is 5.75 Å². The van der Waals surface area contributed by atoms with E-state index >= 15 is 0 Å². The number of nitrogens with one attached hydrogen (secondary N) is 2. The molecule has 0 spiro atoms. The summed E-state index contributed by atoms with van der Waals surface area (Å²) < 4.78 is 44.3. The number of amides is 1. The predicted octanol–water partition coefficient (Wildman–Crippen LogP) is 0.221. The predicted molar refractivity (Wildman–Crippen MR) is 75.9 cm³/mol. The number of carbonyl (C=O) groups excluding carboxylic acids is 1. The van der Waals surface area contributed by atoms with E-state index in [1.807, 2.05) is 6.92 Å². The summed E-state index contributed by atoms with van der Waals surface area (Å²) in [4.78, 5) is 11.0. The molecule has 1 aromatic carbocycles. The second-order valence-corrected chi connectivity index (χ2v) is 5.97. The molecule has 0 aliphatic rings. The zero-order valence-electron chi connectivity index (χ0n) is 11.8. The van der Waals surface area contributed by atoms with Crippen molar-refractivity contribution in [1.82, 2.24) is 10.0 Å². The molecule has 0 radical (unpaired) electrons. The summed E-state index contributed by atoms with van der Waals surface area (Å²) >= 11 is 0. The van der Waals surface area contributed by atoms with Gasteiger partial charge >= 0.3 is 0 Å². The van der Waals surface area contributed by atoms with Gasteiger partial charge in [0.2, 0.25) is 15.9 Å². The SMILES string of the molecule is CCCNC(=O)CNS(=O)(=O)c1cc(N)c(OC)c(F)c1. The Morgan fingerprint density at radius 1 is 1.43 bits per heavy atom. The van der Waals surface area contributed by atoms with E-state index in [1.165, 1.54) is 7.11 Å². The van der Waals surface area contributed by atoms with Gasteiger partial charge < -0.3 is 15.8 Å². The fourth-order valence-electron chi connectivity index (χ4n) is 1.53. The monoisotopic (exact) mass is 319 g/mol. The lowest BCUT2D eigenvalue weighted by atomic mass is 10.3. The third kappa shape index (κ3) is 4.57. The fourth-order valence-corrected chi connectivity index (χ4v) is 2.56. The molecule has 0 aliphatic heterocycles. The fraction of sp³-hybridized carbons (Fsp3) is 0.417. The van der Waals surface area contributed by atoms with Gasteiger partial charge in [0.05, 0.1) is 24.2 Å². The van der Waals surface area contributed by atoms with Crippen LogP contribution in [-0.4, -0.2) is 34.5 Å². The number of halogens is 1. The van der Waals surface area contributed by atoms with Gasteiger partial charge in [-0.05, 0) is 18.6 Å². The quantitative estimate of drug-likeness (QED) is 0.623. The summed E-state index contributed by atoms with van der Waals surface area (Å²) in [7, 11) is -2.82. The van der Waals surface area contributed by atoms with E-state index in [0.717, 1.165) is 18.6 Å². The van der Waals surface area contributed by atoms with Crippen LogP contribution in [0.2, 0.25) is 0 Å². The Hall–Kier alpha value is -1.87. The number of rotatable bonds is 7. The number of ether oxygens (including phenoxy) is 1. The lowest BCUT2D eigenvalue weighted by Crippen LogP contribution is -2.37. The summed E-state index contributed by atoms with van der Waals surface area (Å²) in [5.41, 5.74) is 5.37. The second kappa shape index (κ2) is 7.23. The highest BCUT2D eigenvalue weighted by Crippen LogP contribution is 2.28. The van der Waals surface area contributed by atoms with Crippen LogP contribution in [0.1, 0.15) is 13.3 Å². The molecule has 0 fully saturated rings. The zero-order valence-corrected chi connectivity index (χ0v) is 12.6. The molecule has 0 aliphatic carbocycles. The first-order valence-electron chi connectivity index (χ1n) is 6.21. The van der Waals surface area contributed by atoms with Crippen LogP contribution in [0.3, 0.4) is 0 Å². The lowest BCUT2D eigenvalue weighted by molar-refractivity contribution is -0.119. The largest absolute Gasteiger partial charge is 0.492 e. The van der Waals surface area contributed by atoms with Gasteiger partial charge in [-0.15, -0.1) is 0 Å². The molecule has 0 unspecified atom stereocenters. The molecule has 0 saturated carbocycles. The van der Waals surface area contributed by atoms with Gasteiger partial charge in [-0.1, -0.05) is 6.92 Å². The van der Waals surface area contributed by atoms with Crippen molar-refractivity contribution in [2.45, 2.75) is 18.2 Å². The van der Waals surface area contributed by atoms with E-state index in [4.69, 9.17) is 10.5 Å². The van der Waals surface area contributed by atoms with Crippen LogP contribution in [0.5, 0.6) is 5.75 Å². The molecule has 4 N–H and O–H groups in total. The molecule has 0 heterocycles. The van der Waals surface area contributed by atoms with E-state index in [9.17, 15) is 17.6 Å². The summed E-state index contributed by atoms with van der Waals surface area (Å²) in [5.74, 6) is -1.59. The highest BCUT2D eigenvalue weighted by Gasteiger charge is 2.19. The van der Waals surface area contributed by atoms with Crippen molar-refractivity contribution < 1.29 is 22.3 Å². The van der Waals surface area contributed by atoms with Gasteiger partial charge in [0.25, 0.3) is 0 Å². The number of carbonyl (C=O) groups is 1. The molecule has 0 bridgehead atoms. The first kappa shape index (κ1) is 17.2. The third-order valence-electron chi connectivity index (χ3n) is 2.56. The average Bonchev–Trinajstić information content (AvgIpc) is 2.42. The average molecular weight is 319 g/mol. The second-order valence-electron chi connectivity index (χ2n) is 4.20. The summed E-state index contributed by atoms with van der Waals surface area (Å²) in [5, 5.41) is 2.51. The van der Waals surface area contributed by atoms with Crippen molar-refractivity contribution in [2.24, 2.45) is 0 Å². The van der Waals surface area contributed by atoms with Gasteiger partial charge in [-0.3, -0.25) is 4.79 Å². The van der Waals surface area contributed by atoms with Crippen molar-refractivity contribution in [3.05, 3.63) is 17.9 Å². The Bertz CT molecular complexity index is 596. The smallest absolute Gasteiger partial charge is 0.241 e. The number of hydrogen-bond donors (Lipinski definition) is 3. The first-order valence-corrected chi connectivity index (χ1v) is 7.69. The molecule has 0 atom stereocenters. The molecule has 1 amide bonds. The topological polar surface area (TPSA) is 111 Å². The van der Waals surface area contributed by atoms with Gasteiger partial charge in [0.1, 0.15) is 0 Å². The molecule has 1 aromatic rings. The van der Waals surface area contributed by atoms with Crippen LogP contribution >= 0.6 is 0 Å². The van der Waals surface area contributed by atoms with E-state index in [-0.39, 0.29) is 16.3 Å². The highest BCUT2D eigenvalue weighted by molar-refractivity contribution is 7.89. The molecule has 9 heteroatoms. The number of benzene rings is 1. The molecule has 0 saturated heterocycles. The van der Waals surface area contributed by atoms with Crippen LogP contribution in [-0.2, 0) is 14.8 Å². The zero-order chi connectivity index (χ0) is 16.0. The highest BCUT2D eigenvalue weighted by atomic mass is 32.2. The van der Waals surface area contributed by atoms with Crippen molar-refractivity contribution >= 4 is 21.6 Å². The van der Waals surface area contributed by atoms with Gasteiger partial charge in [0.15, 0.2) is 11.6 Å². The van der Waals surface area contributed by atoms with Crippen LogP contribution < -0.4 is 20.5 Å². The number of hydrogen-bond acceptors (Lipinski definition) is 5. The molecule has 21 heavy (non-hydrogen) atoms. The summed E-state index contributed by atoms with van der Waals surface area (Å²) in [6, 6.07) is 1.84. The number of anilines is 1. The molecule has 1 rings (SSSR count). The number of nitrogen functional groups attached to an aromatic ring is 1. The Balaban J connectivity index is 2.86. The van der Waals surface area contributed by atoms with Gasteiger partial charge in [-0.2, -0.15) is 0 Å². The van der Waals surface area contributed by atoms with E-state index in [0.29, 0.717) is 6.54 Å². The van der Waals surface area contributed by atoms with Crippen molar-refractivity contribution in [2.75, 3.05) is 25.9 Å². The molecule has 0 aromatic heterocycles. The van der Waals surface area contributed by atoms with Gasteiger partial charge in [-0.25, -0.2) is 17.5 Å².